The van der Waals surface area contributed by atoms with Crippen molar-refractivity contribution >= 4 is 8.32 Å². The van der Waals surface area contributed by atoms with Gasteiger partial charge in [0.2, 0.25) is 5.79 Å². The summed E-state index contributed by atoms with van der Waals surface area (Å²) in [4.78, 5) is 0. The molecule has 1 aliphatic carbocycles. The van der Waals surface area contributed by atoms with Crippen molar-refractivity contribution in [3.8, 4) is 0 Å². The topological polar surface area (TPSA) is 27.7 Å². The third kappa shape index (κ3) is 3.85. The molecule has 2 aliphatic heterocycles. The lowest BCUT2D eigenvalue weighted by molar-refractivity contribution is -0.217. The Hall–Kier alpha value is -0.163. The average molecular weight is 381 g/mol. The monoisotopic (exact) mass is 380 g/mol. The zero-order valence-electron chi connectivity index (χ0n) is 17.9. The van der Waals surface area contributed by atoms with E-state index in [0.29, 0.717) is 0 Å². The molecule has 0 saturated carbocycles. The predicted molar refractivity (Wildman–Crippen MR) is 110 cm³/mol. The Morgan fingerprint density at radius 1 is 1.15 bits per heavy atom. The molecule has 2 fully saturated rings. The molecular formula is C22H40O3Si. The van der Waals surface area contributed by atoms with Crippen LogP contribution >= 0.6 is 0 Å². The number of ether oxygens (including phenoxy) is 2. The van der Waals surface area contributed by atoms with Crippen LogP contribution < -0.4 is 0 Å². The van der Waals surface area contributed by atoms with E-state index in [1.165, 1.54) is 31.3 Å². The molecule has 4 heteroatoms. The first-order valence-corrected chi connectivity index (χ1v) is 13.8. The van der Waals surface area contributed by atoms with Gasteiger partial charge in [-0.05, 0) is 55.8 Å². The minimum absolute atomic E-state index is 0.0619. The van der Waals surface area contributed by atoms with Crippen LogP contribution in [0.3, 0.4) is 0 Å². The molecule has 0 unspecified atom stereocenters. The summed E-state index contributed by atoms with van der Waals surface area (Å²) >= 11 is 0. The molecule has 26 heavy (non-hydrogen) atoms. The first-order valence-electron chi connectivity index (χ1n) is 10.9. The molecule has 0 amide bonds. The van der Waals surface area contributed by atoms with Crippen LogP contribution in [0.1, 0.15) is 85.5 Å². The maximum absolute atomic E-state index is 6.87. The van der Waals surface area contributed by atoms with Gasteiger partial charge in [0.25, 0.3) is 0 Å². The Morgan fingerprint density at radius 2 is 1.92 bits per heavy atom. The van der Waals surface area contributed by atoms with Crippen molar-refractivity contribution in [2.24, 2.45) is 0 Å². The highest BCUT2D eigenvalue weighted by Gasteiger charge is 2.59. The van der Waals surface area contributed by atoms with Crippen LogP contribution in [0.15, 0.2) is 11.6 Å². The lowest BCUT2D eigenvalue weighted by Gasteiger charge is -2.48. The molecule has 3 aliphatic rings. The van der Waals surface area contributed by atoms with E-state index in [9.17, 15) is 0 Å². The van der Waals surface area contributed by atoms with Gasteiger partial charge >= 0.3 is 0 Å². The first kappa shape index (κ1) is 20.6. The first-order chi connectivity index (χ1) is 12.2. The van der Waals surface area contributed by atoms with Gasteiger partial charge in [0.1, 0.15) is 6.10 Å². The largest absolute Gasteiger partial charge is 0.408 e. The molecule has 0 aromatic heterocycles. The Labute approximate surface area is 162 Å². The molecule has 4 atom stereocenters. The van der Waals surface area contributed by atoms with Gasteiger partial charge in [0.15, 0.2) is 8.32 Å². The molecule has 150 valence electrons. The third-order valence-electron chi connectivity index (χ3n) is 7.04. The zero-order valence-corrected chi connectivity index (χ0v) is 18.9. The molecule has 0 radical (unpaired) electrons. The van der Waals surface area contributed by atoms with Gasteiger partial charge in [-0.25, -0.2) is 0 Å². The number of hydrogen-bond donors (Lipinski definition) is 0. The average Bonchev–Trinajstić information content (AvgIpc) is 2.84. The number of unbranched alkanes of at least 4 members (excludes halogenated alkanes) is 3. The quantitative estimate of drug-likeness (QED) is 0.293. The lowest BCUT2D eigenvalue weighted by Crippen LogP contribution is -2.56. The number of rotatable bonds is 7. The molecule has 0 aromatic carbocycles. The normalized spacial score (nSPS) is 34.5. The standard InChI is InChI=1S/C22H40O3Si/c1-7-8-9-10-13-18-19-16-15-17-12-11-14-20(22(17,23-18)24-19)25-26(5,6)21(2,3)4/h12,18-20H,7-11,13-16H2,1-6H3/t18-,19-,20-,22-/m0/s1. The molecule has 2 saturated heterocycles. The van der Waals surface area contributed by atoms with E-state index in [4.69, 9.17) is 13.9 Å². The summed E-state index contributed by atoms with van der Waals surface area (Å²) in [6.45, 7) is 13.9. The lowest BCUT2D eigenvalue weighted by atomic mass is 9.85. The van der Waals surface area contributed by atoms with Crippen LogP contribution in [0.25, 0.3) is 0 Å². The number of hydrogen-bond acceptors (Lipinski definition) is 3. The van der Waals surface area contributed by atoms with Gasteiger partial charge < -0.3 is 13.9 Å². The van der Waals surface area contributed by atoms with E-state index in [-0.39, 0.29) is 23.4 Å². The second-order valence-electron chi connectivity index (χ2n) is 10.0. The highest BCUT2D eigenvalue weighted by Crippen LogP contribution is 2.52. The molecule has 2 bridgehead atoms. The van der Waals surface area contributed by atoms with E-state index in [0.717, 1.165) is 32.1 Å². The molecule has 0 N–H and O–H groups in total. The van der Waals surface area contributed by atoms with E-state index < -0.39 is 14.1 Å². The van der Waals surface area contributed by atoms with Crippen molar-refractivity contribution in [1.29, 1.82) is 0 Å². The fraction of sp³-hybridized carbons (Fsp3) is 0.909. The summed E-state index contributed by atoms with van der Waals surface area (Å²) < 4.78 is 20.2. The third-order valence-corrected chi connectivity index (χ3v) is 11.5. The van der Waals surface area contributed by atoms with Crippen LogP contribution in [0.4, 0.5) is 0 Å². The van der Waals surface area contributed by atoms with Gasteiger partial charge in [-0.15, -0.1) is 0 Å². The van der Waals surface area contributed by atoms with Crippen molar-refractivity contribution < 1.29 is 13.9 Å². The van der Waals surface area contributed by atoms with Gasteiger partial charge in [0, 0.05) is 0 Å². The zero-order chi connectivity index (χ0) is 19.0. The van der Waals surface area contributed by atoms with Crippen LogP contribution in [0, 0.1) is 0 Å². The van der Waals surface area contributed by atoms with Crippen LogP contribution in [-0.4, -0.2) is 32.4 Å². The molecule has 1 spiro atoms. The molecule has 3 nitrogen and oxygen atoms in total. The Bertz CT molecular complexity index is 522. The summed E-state index contributed by atoms with van der Waals surface area (Å²) in [6.07, 6.45) is 13.6. The molecule has 3 rings (SSSR count). The van der Waals surface area contributed by atoms with E-state index in [1.54, 1.807) is 0 Å². The highest BCUT2D eigenvalue weighted by atomic mass is 28.4. The van der Waals surface area contributed by atoms with Gasteiger partial charge in [-0.1, -0.05) is 59.5 Å². The smallest absolute Gasteiger partial charge is 0.217 e. The molecule has 0 aromatic rings. The van der Waals surface area contributed by atoms with Crippen molar-refractivity contribution in [3.05, 3.63) is 11.6 Å². The van der Waals surface area contributed by atoms with E-state index in [1.807, 2.05) is 0 Å². The van der Waals surface area contributed by atoms with Crippen LogP contribution in [0.5, 0.6) is 0 Å². The van der Waals surface area contributed by atoms with Crippen molar-refractivity contribution in [2.75, 3.05) is 0 Å². The summed E-state index contributed by atoms with van der Waals surface area (Å²) in [5.74, 6) is -0.577. The molecule has 2 heterocycles. The Balaban J connectivity index is 1.74. The van der Waals surface area contributed by atoms with Crippen molar-refractivity contribution in [3.63, 3.8) is 0 Å². The minimum atomic E-state index is -1.86. The predicted octanol–water partition coefficient (Wildman–Crippen LogP) is 6.34. The summed E-state index contributed by atoms with van der Waals surface area (Å²) in [6, 6.07) is 0. The van der Waals surface area contributed by atoms with Gasteiger partial charge in [-0.2, -0.15) is 0 Å². The number of fused-ring (bicyclic) bond motifs is 1. The summed E-state index contributed by atoms with van der Waals surface area (Å²) in [5, 5.41) is 0.206. The molecular weight excluding hydrogens is 340 g/mol. The van der Waals surface area contributed by atoms with Crippen LogP contribution in [-0.2, 0) is 13.9 Å². The second-order valence-corrected chi connectivity index (χ2v) is 14.8. The maximum Gasteiger partial charge on any atom is 0.217 e. The number of allylic oxidation sites excluding steroid dienone is 1. The van der Waals surface area contributed by atoms with Crippen molar-refractivity contribution in [2.45, 2.75) is 128 Å². The van der Waals surface area contributed by atoms with E-state index in [2.05, 4.69) is 46.9 Å². The Kier molecular flexibility index (Phi) is 6.08. The van der Waals surface area contributed by atoms with Crippen molar-refractivity contribution in [1.82, 2.24) is 0 Å². The van der Waals surface area contributed by atoms with Gasteiger partial charge in [0.05, 0.1) is 12.2 Å². The van der Waals surface area contributed by atoms with E-state index >= 15 is 0 Å². The van der Waals surface area contributed by atoms with Gasteiger partial charge in [-0.3, -0.25) is 0 Å². The second kappa shape index (κ2) is 7.69. The Morgan fingerprint density at radius 3 is 2.62 bits per heavy atom. The van der Waals surface area contributed by atoms with Crippen LogP contribution in [0.2, 0.25) is 18.1 Å². The maximum atomic E-state index is 6.87. The SMILES string of the molecule is CCCCCC[C@@H]1O[C@]23O[C@H]1CCC2=CCC[C@@H]3O[Si](C)(C)C(C)(C)C. The summed E-state index contributed by atoms with van der Waals surface area (Å²) in [5.41, 5.74) is 1.36. The fourth-order valence-electron chi connectivity index (χ4n) is 4.39. The minimum Gasteiger partial charge on any atom is -0.408 e. The summed E-state index contributed by atoms with van der Waals surface area (Å²) in [7, 11) is -1.86. The fourth-order valence-corrected chi connectivity index (χ4v) is 5.72. The highest BCUT2D eigenvalue weighted by molar-refractivity contribution is 6.74.